The van der Waals surface area contributed by atoms with Crippen LogP contribution in [0.2, 0.25) is 0 Å². The van der Waals surface area contributed by atoms with Gasteiger partial charge in [0.25, 0.3) is 5.91 Å². The molecule has 0 spiro atoms. The maximum Gasteiger partial charge on any atom is 0.255 e. The molecule has 2 aliphatic heterocycles. The lowest BCUT2D eigenvalue weighted by Gasteiger charge is -2.29. The smallest absolute Gasteiger partial charge is 0.255 e. The number of carbonyl (C=O) groups excluding carboxylic acids is 5. The Morgan fingerprint density at radius 3 is 2.43 bits per heavy atom. The molecule has 35 heavy (non-hydrogen) atoms. The fourth-order valence-electron chi connectivity index (χ4n) is 5.19. The van der Waals surface area contributed by atoms with Crippen LogP contribution in [0.3, 0.4) is 0 Å². The van der Waals surface area contributed by atoms with Crippen LogP contribution in [-0.2, 0) is 25.7 Å². The Morgan fingerprint density at radius 1 is 0.971 bits per heavy atom. The topological polar surface area (TPSA) is 113 Å². The first-order chi connectivity index (χ1) is 16.8. The van der Waals surface area contributed by atoms with Crippen LogP contribution in [0, 0.1) is 6.92 Å². The average Bonchev–Trinajstić information content (AvgIpc) is 3.16. The summed E-state index contributed by atoms with van der Waals surface area (Å²) < 4.78 is 0. The summed E-state index contributed by atoms with van der Waals surface area (Å²) >= 11 is 0. The number of ketones is 2. The molecule has 1 aliphatic carbocycles. The van der Waals surface area contributed by atoms with E-state index in [4.69, 9.17) is 0 Å². The van der Waals surface area contributed by atoms with Gasteiger partial charge in [-0.25, -0.2) is 0 Å². The Bertz CT molecular complexity index is 1290. The monoisotopic (exact) mass is 471 g/mol. The number of rotatable bonds is 4. The van der Waals surface area contributed by atoms with Crippen LogP contribution in [0.1, 0.15) is 58.6 Å². The second-order valence-electron chi connectivity index (χ2n) is 9.24. The van der Waals surface area contributed by atoms with E-state index >= 15 is 0 Å². The molecule has 8 heteroatoms. The van der Waals surface area contributed by atoms with E-state index in [-0.39, 0.29) is 67.1 Å². The number of hydrogen-bond donors (Lipinski definition) is 2. The molecule has 3 aliphatic rings. The molecule has 2 aromatic carbocycles. The van der Waals surface area contributed by atoms with E-state index in [9.17, 15) is 24.0 Å². The summed E-state index contributed by atoms with van der Waals surface area (Å²) in [6, 6.07) is 12.3. The molecule has 0 aromatic heterocycles. The second kappa shape index (κ2) is 8.94. The van der Waals surface area contributed by atoms with Gasteiger partial charge in [-0.15, -0.1) is 0 Å². The Labute approximate surface area is 202 Å². The third-order valence-corrected chi connectivity index (χ3v) is 7.05. The number of nitrogens with one attached hydrogen (secondary N) is 2. The van der Waals surface area contributed by atoms with E-state index in [0.717, 1.165) is 11.1 Å². The van der Waals surface area contributed by atoms with E-state index in [1.54, 1.807) is 18.2 Å². The van der Waals surface area contributed by atoms with Gasteiger partial charge in [0.15, 0.2) is 11.6 Å². The molecule has 1 atom stereocenters. The number of nitrogens with zero attached hydrogens (tertiary/aromatic N) is 1. The molecule has 1 saturated carbocycles. The van der Waals surface area contributed by atoms with E-state index in [0.29, 0.717) is 16.8 Å². The van der Waals surface area contributed by atoms with Crippen molar-refractivity contribution in [2.45, 2.75) is 51.1 Å². The maximum atomic E-state index is 13.0. The molecule has 0 bridgehead atoms. The molecule has 1 saturated heterocycles. The number of piperidine rings is 1. The summed E-state index contributed by atoms with van der Waals surface area (Å²) in [7, 11) is 0. The van der Waals surface area contributed by atoms with Crippen LogP contribution in [-0.4, -0.2) is 40.2 Å². The Kier molecular flexibility index (Phi) is 5.80. The standard InChI is InChI=1S/C27H25N3O5/c1-15-5-2-3-6-17(15)16-11-23(31)19(24(32)12-16)13-28-21-8-4-7-18-20(21)14-30(27(18)35)22-9-10-25(33)29-26(22)34/h2-8,13,16,22,28H,9-12,14H2,1H3,(H,29,33,34). The van der Waals surface area contributed by atoms with Gasteiger partial charge in [-0.1, -0.05) is 30.3 Å². The van der Waals surface area contributed by atoms with Crippen molar-refractivity contribution in [1.82, 2.24) is 10.2 Å². The molecule has 2 fully saturated rings. The highest BCUT2D eigenvalue weighted by molar-refractivity contribution is 6.22. The quantitative estimate of drug-likeness (QED) is 0.403. The zero-order valence-corrected chi connectivity index (χ0v) is 19.3. The number of anilines is 1. The normalized spacial score (nSPS) is 22.3. The SMILES string of the molecule is Cc1ccccc1C1CC(=O)C(=CNc2cccc3c2CN(C2CCC(=O)NC2=O)C3=O)C(=O)C1. The molecule has 2 heterocycles. The predicted molar refractivity (Wildman–Crippen MR) is 127 cm³/mol. The fraction of sp³-hybridized carbons (Fsp3) is 0.296. The van der Waals surface area contributed by atoms with Crippen LogP contribution in [0.4, 0.5) is 5.69 Å². The third-order valence-electron chi connectivity index (χ3n) is 7.05. The molecule has 8 nitrogen and oxygen atoms in total. The van der Waals surface area contributed by atoms with Crippen molar-refractivity contribution >= 4 is 35.0 Å². The van der Waals surface area contributed by atoms with Crippen molar-refractivity contribution in [1.29, 1.82) is 0 Å². The zero-order valence-electron chi connectivity index (χ0n) is 19.3. The molecule has 0 radical (unpaired) electrons. The van der Waals surface area contributed by atoms with E-state index in [1.165, 1.54) is 11.1 Å². The highest BCUT2D eigenvalue weighted by atomic mass is 16.2. The van der Waals surface area contributed by atoms with Crippen LogP contribution in [0.15, 0.2) is 54.2 Å². The van der Waals surface area contributed by atoms with Gasteiger partial charge in [-0.05, 0) is 42.5 Å². The van der Waals surface area contributed by atoms with E-state index < -0.39 is 11.9 Å². The van der Waals surface area contributed by atoms with Crippen molar-refractivity contribution in [2.75, 3.05) is 5.32 Å². The minimum atomic E-state index is -0.710. The van der Waals surface area contributed by atoms with E-state index in [2.05, 4.69) is 10.6 Å². The zero-order chi connectivity index (χ0) is 24.7. The molecular weight excluding hydrogens is 446 g/mol. The number of fused-ring (bicyclic) bond motifs is 1. The number of amides is 3. The average molecular weight is 472 g/mol. The molecule has 178 valence electrons. The minimum absolute atomic E-state index is 0.124. The lowest BCUT2D eigenvalue weighted by molar-refractivity contribution is -0.137. The molecule has 1 unspecified atom stereocenters. The van der Waals surface area contributed by atoms with Crippen molar-refractivity contribution in [3.05, 3.63) is 76.5 Å². The van der Waals surface area contributed by atoms with Crippen LogP contribution >= 0.6 is 0 Å². The van der Waals surface area contributed by atoms with Gasteiger partial charge < -0.3 is 10.2 Å². The van der Waals surface area contributed by atoms with Crippen LogP contribution in [0.25, 0.3) is 0 Å². The summed E-state index contributed by atoms with van der Waals surface area (Å²) in [5, 5.41) is 5.36. The first-order valence-electron chi connectivity index (χ1n) is 11.7. The molecular formula is C27H25N3O5. The summed E-state index contributed by atoms with van der Waals surface area (Å²) in [4.78, 5) is 64.0. The van der Waals surface area contributed by atoms with Gasteiger partial charge in [0.05, 0.1) is 5.57 Å². The Balaban J connectivity index is 1.34. The van der Waals surface area contributed by atoms with Crippen molar-refractivity contribution in [2.24, 2.45) is 0 Å². The van der Waals surface area contributed by atoms with Crippen LogP contribution < -0.4 is 10.6 Å². The fourth-order valence-corrected chi connectivity index (χ4v) is 5.19. The van der Waals surface area contributed by atoms with Crippen LogP contribution in [0.5, 0.6) is 0 Å². The maximum absolute atomic E-state index is 13.0. The number of allylic oxidation sites excluding steroid dienone is 1. The largest absolute Gasteiger partial charge is 0.361 e. The van der Waals surface area contributed by atoms with Crippen molar-refractivity contribution < 1.29 is 24.0 Å². The molecule has 2 N–H and O–H groups in total. The highest BCUT2D eigenvalue weighted by Crippen LogP contribution is 2.35. The van der Waals surface area contributed by atoms with Gasteiger partial charge >= 0.3 is 0 Å². The molecule has 3 amide bonds. The number of Topliss-reactive ketones (excluding diaryl/α,β-unsaturated/α-hetero) is 2. The lowest BCUT2D eigenvalue weighted by Crippen LogP contribution is -2.52. The van der Waals surface area contributed by atoms with Gasteiger partial charge in [0.1, 0.15) is 6.04 Å². The number of imide groups is 1. The third kappa shape index (κ3) is 4.16. The first-order valence-corrected chi connectivity index (χ1v) is 11.7. The van der Waals surface area contributed by atoms with Crippen molar-refractivity contribution in [3.63, 3.8) is 0 Å². The van der Waals surface area contributed by atoms with Gasteiger partial charge in [-0.3, -0.25) is 29.3 Å². The summed E-state index contributed by atoms with van der Waals surface area (Å²) in [6.07, 6.45) is 2.43. The number of benzene rings is 2. The van der Waals surface area contributed by atoms with Gasteiger partial charge in [0, 0.05) is 48.8 Å². The number of carbonyl (C=O) groups is 5. The Hall–Kier alpha value is -4.07. The number of aryl methyl sites for hydroxylation is 1. The van der Waals surface area contributed by atoms with Crippen molar-refractivity contribution in [3.8, 4) is 0 Å². The number of hydrogen-bond acceptors (Lipinski definition) is 6. The summed E-state index contributed by atoms with van der Waals surface area (Å²) in [5.41, 5.74) is 3.95. The minimum Gasteiger partial charge on any atom is -0.361 e. The summed E-state index contributed by atoms with van der Waals surface area (Å²) in [5.74, 6) is -1.64. The second-order valence-corrected chi connectivity index (χ2v) is 9.24. The predicted octanol–water partition coefficient (Wildman–Crippen LogP) is 2.77. The lowest BCUT2D eigenvalue weighted by atomic mass is 9.79. The molecule has 5 rings (SSSR count). The Morgan fingerprint density at radius 2 is 1.71 bits per heavy atom. The summed E-state index contributed by atoms with van der Waals surface area (Å²) in [6.45, 7) is 2.18. The van der Waals surface area contributed by atoms with Gasteiger partial charge in [0.2, 0.25) is 11.8 Å². The molecule has 2 aromatic rings. The highest BCUT2D eigenvalue weighted by Gasteiger charge is 2.40. The van der Waals surface area contributed by atoms with Gasteiger partial charge in [-0.2, -0.15) is 0 Å². The van der Waals surface area contributed by atoms with E-state index in [1.807, 2.05) is 31.2 Å². The first kappa shape index (κ1) is 22.7.